The van der Waals surface area contributed by atoms with Crippen LogP contribution in [0.2, 0.25) is 0 Å². The van der Waals surface area contributed by atoms with Crippen LogP contribution < -0.4 is 5.32 Å². The molecule has 1 aromatic rings. The molecule has 0 aromatic heterocycles. The minimum atomic E-state index is -4.57. The average Bonchev–Trinajstić information content (AvgIpc) is 2.34. The molecule has 9 heteroatoms. The SMILES string of the molecule is CNc1cccc(C(=O)N(C)CC(F)(F)F)c1[N+](=O)[O-]. The number of hydrogen-bond donors (Lipinski definition) is 1. The molecule has 0 bridgehead atoms. The third-order valence-corrected chi connectivity index (χ3v) is 2.48. The Balaban J connectivity index is 3.19. The molecule has 0 spiro atoms. The summed E-state index contributed by atoms with van der Waals surface area (Å²) < 4.78 is 36.7. The number of nitrogens with one attached hydrogen (secondary N) is 1. The molecule has 6 nitrogen and oxygen atoms in total. The summed E-state index contributed by atoms with van der Waals surface area (Å²) in [6, 6.07) is 3.83. The Labute approximate surface area is 112 Å². The number of nitrogens with zero attached hydrogens (tertiary/aromatic N) is 2. The van der Waals surface area contributed by atoms with Crippen molar-refractivity contribution in [2.24, 2.45) is 0 Å². The highest BCUT2D eigenvalue weighted by atomic mass is 19.4. The summed E-state index contributed by atoms with van der Waals surface area (Å²) in [4.78, 5) is 22.5. The number of hydrogen-bond acceptors (Lipinski definition) is 4. The van der Waals surface area contributed by atoms with Crippen molar-refractivity contribution in [3.8, 4) is 0 Å². The number of alkyl halides is 3. The van der Waals surface area contributed by atoms with Gasteiger partial charge in [0.15, 0.2) is 0 Å². The molecule has 0 heterocycles. The zero-order valence-corrected chi connectivity index (χ0v) is 10.7. The van der Waals surface area contributed by atoms with Crippen LogP contribution in [0.3, 0.4) is 0 Å². The van der Waals surface area contributed by atoms with E-state index in [0.29, 0.717) is 4.90 Å². The molecule has 20 heavy (non-hydrogen) atoms. The third kappa shape index (κ3) is 3.59. The highest BCUT2D eigenvalue weighted by Gasteiger charge is 2.34. The van der Waals surface area contributed by atoms with Crippen molar-refractivity contribution in [1.82, 2.24) is 4.90 Å². The number of nitro groups is 1. The Morgan fingerprint density at radius 3 is 2.50 bits per heavy atom. The lowest BCUT2D eigenvalue weighted by Gasteiger charge is -2.19. The number of halogens is 3. The minimum Gasteiger partial charge on any atom is -0.383 e. The van der Waals surface area contributed by atoms with Crippen LogP contribution in [0, 0.1) is 10.1 Å². The molecule has 0 aliphatic heterocycles. The fourth-order valence-electron chi connectivity index (χ4n) is 1.66. The summed E-state index contributed by atoms with van der Waals surface area (Å²) in [5, 5.41) is 13.5. The summed E-state index contributed by atoms with van der Waals surface area (Å²) in [7, 11) is 2.35. The van der Waals surface area contributed by atoms with Crippen LogP contribution in [0.15, 0.2) is 18.2 Å². The van der Waals surface area contributed by atoms with E-state index in [0.717, 1.165) is 13.1 Å². The van der Waals surface area contributed by atoms with Crippen LogP contribution in [-0.4, -0.2) is 42.5 Å². The first-order valence-electron chi connectivity index (χ1n) is 5.44. The third-order valence-electron chi connectivity index (χ3n) is 2.48. The molecule has 1 aromatic carbocycles. The van der Waals surface area contributed by atoms with Crippen LogP contribution in [0.1, 0.15) is 10.4 Å². The fraction of sp³-hybridized carbons (Fsp3) is 0.364. The zero-order valence-electron chi connectivity index (χ0n) is 10.7. The first-order valence-corrected chi connectivity index (χ1v) is 5.44. The summed E-state index contributed by atoms with van der Waals surface area (Å²) >= 11 is 0. The molecule has 0 aliphatic rings. The quantitative estimate of drug-likeness (QED) is 0.682. The molecular weight excluding hydrogens is 279 g/mol. The largest absolute Gasteiger partial charge is 0.406 e. The van der Waals surface area contributed by atoms with Crippen LogP contribution in [0.5, 0.6) is 0 Å². The van der Waals surface area contributed by atoms with Crippen LogP contribution in [-0.2, 0) is 0 Å². The molecule has 1 rings (SSSR count). The van der Waals surface area contributed by atoms with Crippen molar-refractivity contribution in [2.75, 3.05) is 26.0 Å². The summed E-state index contributed by atoms with van der Waals surface area (Å²) in [5.41, 5.74) is -0.885. The van der Waals surface area contributed by atoms with E-state index in [9.17, 15) is 28.1 Å². The molecule has 110 valence electrons. The van der Waals surface area contributed by atoms with Gasteiger partial charge in [0, 0.05) is 14.1 Å². The number of carbonyl (C=O) groups is 1. The van der Waals surface area contributed by atoms with E-state index in [-0.39, 0.29) is 5.69 Å². The van der Waals surface area contributed by atoms with Crippen molar-refractivity contribution in [3.05, 3.63) is 33.9 Å². The fourth-order valence-corrected chi connectivity index (χ4v) is 1.66. The van der Waals surface area contributed by atoms with Crippen molar-refractivity contribution < 1.29 is 22.9 Å². The maximum absolute atomic E-state index is 12.2. The number of amides is 1. The second-order valence-corrected chi connectivity index (χ2v) is 3.99. The van der Waals surface area contributed by atoms with E-state index in [1.165, 1.54) is 19.2 Å². The Morgan fingerprint density at radius 1 is 1.45 bits per heavy atom. The molecular formula is C11H12F3N3O3. The highest BCUT2D eigenvalue weighted by Crippen LogP contribution is 2.29. The summed E-state index contributed by atoms with van der Waals surface area (Å²) in [5.74, 6) is -1.06. The number of rotatable bonds is 4. The maximum atomic E-state index is 12.2. The molecule has 1 N–H and O–H groups in total. The Bertz CT molecular complexity index is 531. The van der Waals surface area contributed by atoms with Crippen LogP contribution in [0.25, 0.3) is 0 Å². The standard InChI is InChI=1S/C11H12F3N3O3/c1-15-8-5-3-4-7(9(8)17(19)20)10(18)16(2)6-11(12,13)14/h3-5,15H,6H2,1-2H3. The van der Waals surface area contributed by atoms with Gasteiger partial charge in [-0.25, -0.2) is 0 Å². The van der Waals surface area contributed by atoms with E-state index < -0.39 is 34.8 Å². The monoisotopic (exact) mass is 291 g/mol. The molecule has 1 amide bonds. The van der Waals surface area contributed by atoms with Gasteiger partial charge in [-0.1, -0.05) is 6.07 Å². The van der Waals surface area contributed by atoms with Crippen LogP contribution >= 0.6 is 0 Å². The van der Waals surface area contributed by atoms with Crippen molar-refractivity contribution in [2.45, 2.75) is 6.18 Å². The minimum absolute atomic E-state index is 0.0567. The first-order chi connectivity index (χ1) is 9.17. The molecule has 0 fully saturated rings. The number of carbonyl (C=O) groups excluding carboxylic acids is 1. The summed E-state index contributed by atoms with van der Waals surface area (Å²) in [6.07, 6.45) is -4.57. The summed E-state index contributed by atoms with van der Waals surface area (Å²) in [6.45, 7) is -1.48. The van der Waals surface area contributed by atoms with Gasteiger partial charge in [-0.3, -0.25) is 14.9 Å². The topological polar surface area (TPSA) is 75.5 Å². The normalized spacial score (nSPS) is 11.1. The lowest BCUT2D eigenvalue weighted by Crippen LogP contribution is -2.36. The van der Waals surface area contributed by atoms with Gasteiger partial charge in [-0.15, -0.1) is 0 Å². The molecule has 0 unspecified atom stereocenters. The van der Waals surface area contributed by atoms with Crippen LogP contribution in [0.4, 0.5) is 24.5 Å². The van der Waals surface area contributed by atoms with Crippen molar-refractivity contribution >= 4 is 17.3 Å². The predicted molar refractivity (Wildman–Crippen MR) is 65.7 cm³/mol. The number of benzene rings is 1. The smallest absolute Gasteiger partial charge is 0.383 e. The van der Waals surface area contributed by atoms with Crippen molar-refractivity contribution in [1.29, 1.82) is 0 Å². The van der Waals surface area contributed by atoms with Gasteiger partial charge in [0.1, 0.15) is 17.8 Å². The first kappa shape index (κ1) is 15.7. The Morgan fingerprint density at radius 2 is 2.05 bits per heavy atom. The predicted octanol–water partition coefficient (Wildman–Crippen LogP) is 2.27. The highest BCUT2D eigenvalue weighted by molar-refractivity contribution is 6.00. The van der Waals surface area contributed by atoms with E-state index in [1.807, 2.05) is 0 Å². The van der Waals surface area contributed by atoms with Gasteiger partial charge in [-0.2, -0.15) is 13.2 Å². The van der Waals surface area contributed by atoms with Gasteiger partial charge in [0.05, 0.1) is 4.92 Å². The van der Waals surface area contributed by atoms with E-state index in [4.69, 9.17) is 0 Å². The molecule has 0 atom stereocenters. The Hall–Kier alpha value is -2.32. The maximum Gasteiger partial charge on any atom is 0.406 e. The van der Waals surface area contributed by atoms with Gasteiger partial charge in [-0.05, 0) is 12.1 Å². The zero-order chi connectivity index (χ0) is 15.5. The number of para-hydroxylation sites is 1. The van der Waals surface area contributed by atoms with E-state index in [2.05, 4.69) is 5.32 Å². The molecule has 0 radical (unpaired) electrons. The van der Waals surface area contributed by atoms with E-state index in [1.54, 1.807) is 0 Å². The van der Waals surface area contributed by atoms with Gasteiger partial charge in [0.2, 0.25) is 0 Å². The number of anilines is 1. The second-order valence-electron chi connectivity index (χ2n) is 3.99. The number of nitro benzene ring substituents is 1. The van der Waals surface area contributed by atoms with Crippen molar-refractivity contribution in [3.63, 3.8) is 0 Å². The molecule has 0 aliphatic carbocycles. The average molecular weight is 291 g/mol. The second kappa shape index (κ2) is 5.76. The van der Waals surface area contributed by atoms with E-state index >= 15 is 0 Å². The van der Waals surface area contributed by atoms with Gasteiger partial charge < -0.3 is 10.2 Å². The van der Waals surface area contributed by atoms with Gasteiger partial charge >= 0.3 is 11.9 Å². The lowest BCUT2D eigenvalue weighted by molar-refractivity contribution is -0.384. The lowest BCUT2D eigenvalue weighted by atomic mass is 10.1. The molecule has 0 saturated heterocycles. The molecule has 0 saturated carbocycles. The van der Waals surface area contributed by atoms with Gasteiger partial charge in [0.25, 0.3) is 5.91 Å². The Kier molecular flexibility index (Phi) is 4.53.